The van der Waals surface area contributed by atoms with E-state index in [1.54, 1.807) is 6.20 Å². The Kier molecular flexibility index (Phi) is 2.85. The number of carbonyl (C=O) groups excluding carboxylic acids is 1. The van der Waals surface area contributed by atoms with Gasteiger partial charge in [0.15, 0.2) is 0 Å². The number of ether oxygens (including phenoxy) is 1. The van der Waals surface area contributed by atoms with Crippen molar-refractivity contribution in [2.75, 3.05) is 7.11 Å². The van der Waals surface area contributed by atoms with E-state index in [1.165, 1.54) is 7.11 Å². The fraction of sp³-hybridized carbons (Fsp3) is 0.500. The van der Waals surface area contributed by atoms with Crippen LogP contribution in [0.15, 0.2) is 6.20 Å². The number of aromatic nitrogens is 2. The predicted molar refractivity (Wildman–Crippen MR) is 43.7 cm³/mol. The topological polar surface area (TPSA) is 55.0 Å². The molecule has 0 aromatic carbocycles. The molecule has 0 atom stereocenters. The Morgan fingerprint density at radius 3 is 3.00 bits per heavy atom. The summed E-state index contributed by atoms with van der Waals surface area (Å²) in [6.45, 7) is 2.02. The first-order valence-electron chi connectivity index (χ1n) is 3.85. The minimum absolute atomic E-state index is 0.219. The molecule has 0 aliphatic carbocycles. The Balaban J connectivity index is 2.58. The molecule has 0 unspecified atom stereocenters. The summed E-state index contributed by atoms with van der Waals surface area (Å²) in [5.74, 6) is 0.394. The van der Waals surface area contributed by atoms with Crippen LogP contribution in [0.4, 0.5) is 0 Å². The second kappa shape index (κ2) is 3.90. The van der Waals surface area contributed by atoms with Crippen LogP contribution in [-0.4, -0.2) is 23.0 Å². The molecule has 0 aliphatic heterocycles. The van der Waals surface area contributed by atoms with Crippen molar-refractivity contribution in [3.05, 3.63) is 17.7 Å². The summed E-state index contributed by atoms with van der Waals surface area (Å²) in [6.07, 6.45) is 2.85. The van der Waals surface area contributed by atoms with Crippen LogP contribution in [0.5, 0.6) is 0 Å². The largest absolute Gasteiger partial charge is 0.469 e. The smallest absolute Gasteiger partial charge is 0.313 e. The molecule has 1 N–H and O–H groups in total. The number of rotatable bonds is 3. The standard InChI is InChI=1S/C8H12N2O2/c1-3-6-5-9-7(10-6)4-8(11)12-2/h5H,3-4H2,1-2H3,(H,9,10). The van der Waals surface area contributed by atoms with Crippen LogP contribution >= 0.6 is 0 Å². The monoisotopic (exact) mass is 168 g/mol. The number of nitrogens with zero attached hydrogens (tertiary/aromatic N) is 1. The van der Waals surface area contributed by atoms with Gasteiger partial charge in [0, 0.05) is 11.9 Å². The lowest BCUT2D eigenvalue weighted by molar-refractivity contribution is -0.139. The van der Waals surface area contributed by atoms with Gasteiger partial charge in [0.1, 0.15) is 12.2 Å². The SMILES string of the molecule is CCc1cnc(CC(=O)OC)[nH]1. The molecule has 66 valence electrons. The second-order valence-corrected chi connectivity index (χ2v) is 2.46. The van der Waals surface area contributed by atoms with Gasteiger partial charge in [-0.2, -0.15) is 0 Å². The molecular formula is C8H12N2O2. The molecule has 4 heteroatoms. The quantitative estimate of drug-likeness (QED) is 0.675. The molecule has 0 bridgehead atoms. The molecule has 1 rings (SSSR count). The number of hydrogen-bond donors (Lipinski definition) is 1. The van der Waals surface area contributed by atoms with Crippen molar-refractivity contribution in [1.29, 1.82) is 0 Å². The van der Waals surface area contributed by atoms with E-state index in [9.17, 15) is 4.79 Å². The van der Waals surface area contributed by atoms with Crippen molar-refractivity contribution in [1.82, 2.24) is 9.97 Å². The van der Waals surface area contributed by atoms with Crippen molar-refractivity contribution < 1.29 is 9.53 Å². The van der Waals surface area contributed by atoms with Gasteiger partial charge in [-0.1, -0.05) is 6.92 Å². The van der Waals surface area contributed by atoms with Crippen molar-refractivity contribution in [3.63, 3.8) is 0 Å². The summed E-state index contributed by atoms with van der Waals surface area (Å²) in [5.41, 5.74) is 1.04. The molecule has 0 saturated heterocycles. The number of carbonyl (C=O) groups is 1. The fourth-order valence-electron chi connectivity index (χ4n) is 0.884. The Morgan fingerprint density at radius 1 is 1.75 bits per heavy atom. The summed E-state index contributed by atoms with van der Waals surface area (Å²) in [7, 11) is 1.37. The molecule has 4 nitrogen and oxygen atoms in total. The molecule has 1 heterocycles. The average Bonchev–Trinajstić information content (AvgIpc) is 2.52. The van der Waals surface area contributed by atoms with Crippen molar-refractivity contribution >= 4 is 5.97 Å². The van der Waals surface area contributed by atoms with Gasteiger partial charge in [0.25, 0.3) is 0 Å². The molecule has 1 aromatic rings. The number of H-pyrrole nitrogens is 1. The zero-order valence-corrected chi connectivity index (χ0v) is 7.26. The first-order valence-corrected chi connectivity index (χ1v) is 3.85. The number of nitrogens with one attached hydrogen (secondary N) is 1. The minimum Gasteiger partial charge on any atom is -0.469 e. The maximum Gasteiger partial charge on any atom is 0.313 e. The number of esters is 1. The van der Waals surface area contributed by atoms with Crippen molar-refractivity contribution in [2.24, 2.45) is 0 Å². The Hall–Kier alpha value is -1.32. The highest BCUT2D eigenvalue weighted by Gasteiger charge is 2.05. The van der Waals surface area contributed by atoms with Crippen LogP contribution < -0.4 is 0 Å². The highest BCUT2D eigenvalue weighted by molar-refractivity contribution is 5.71. The molecule has 1 aromatic heterocycles. The van der Waals surface area contributed by atoms with Crippen LogP contribution in [0.2, 0.25) is 0 Å². The lowest BCUT2D eigenvalue weighted by Crippen LogP contribution is -2.05. The highest BCUT2D eigenvalue weighted by atomic mass is 16.5. The number of hydrogen-bond acceptors (Lipinski definition) is 3. The Labute approximate surface area is 71.0 Å². The normalized spacial score (nSPS) is 9.83. The first-order chi connectivity index (χ1) is 5.76. The molecule has 0 spiro atoms. The summed E-state index contributed by atoms with van der Waals surface area (Å²) in [6, 6.07) is 0. The zero-order chi connectivity index (χ0) is 8.97. The van der Waals surface area contributed by atoms with Crippen LogP contribution in [0, 0.1) is 0 Å². The second-order valence-electron chi connectivity index (χ2n) is 2.46. The van der Waals surface area contributed by atoms with Crippen molar-refractivity contribution in [3.8, 4) is 0 Å². The number of imidazole rings is 1. The molecule has 0 amide bonds. The van der Waals surface area contributed by atoms with Crippen LogP contribution in [0.25, 0.3) is 0 Å². The summed E-state index contributed by atoms with van der Waals surface area (Å²) >= 11 is 0. The number of aryl methyl sites for hydroxylation is 1. The van der Waals surface area contributed by atoms with Crippen LogP contribution in [0.3, 0.4) is 0 Å². The first kappa shape index (κ1) is 8.77. The molecule has 0 radical (unpaired) electrons. The summed E-state index contributed by atoms with van der Waals surface area (Å²) < 4.78 is 4.50. The highest BCUT2D eigenvalue weighted by Crippen LogP contribution is 1.98. The summed E-state index contributed by atoms with van der Waals surface area (Å²) in [5, 5.41) is 0. The van der Waals surface area contributed by atoms with Gasteiger partial charge in [0.05, 0.1) is 7.11 Å². The Bertz CT molecular complexity index is 268. The van der Waals surface area contributed by atoms with E-state index in [0.29, 0.717) is 5.82 Å². The molecule has 0 fully saturated rings. The van der Waals surface area contributed by atoms with E-state index >= 15 is 0 Å². The van der Waals surface area contributed by atoms with Gasteiger partial charge < -0.3 is 9.72 Å². The minimum atomic E-state index is -0.271. The number of aromatic amines is 1. The molecular weight excluding hydrogens is 156 g/mol. The van der Waals surface area contributed by atoms with Gasteiger partial charge in [-0.25, -0.2) is 4.98 Å². The third-order valence-corrected chi connectivity index (χ3v) is 1.60. The molecule has 12 heavy (non-hydrogen) atoms. The van der Waals surface area contributed by atoms with E-state index in [4.69, 9.17) is 0 Å². The predicted octanol–water partition coefficient (Wildman–Crippen LogP) is 0.688. The van der Waals surface area contributed by atoms with Gasteiger partial charge in [-0.15, -0.1) is 0 Å². The van der Waals surface area contributed by atoms with Gasteiger partial charge in [-0.3, -0.25) is 4.79 Å². The van der Waals surface area contributed by atoms with Gasteiger partial charge in [0.2, 0.25) is 0 Å². The maximum atomic E-state index is 10.8. The lowest BCUT2D eigenvalue weighted by Gasteiger charge is -1.94. The fourth-order valence-corrected chi connectivity index (χ4v) is 0.884. The van der Waals surface area contributed by atoms with Crippen LogP contribution in [-0.2, 0) is 22.4 Å². The summed E-state index contributed by atoms with van der Waals surface area (Å²) in [4.78, 5) is 17.8. The Morgan fingerprint density at radius 2 is 2.50 bits per heavy atom. The van der Waals surface area contributed by atoms with E-state index in [-0.39, 0.29) is 12.4 Å². The molecule has 0 aliphatic rings. The van der Waals surface area contributed by atoms with E-state index in [1.807, 2.05) is 6.92 Å². The van der Waals surface area contributed by atoms with Crippen molar-refractivity contribution in [2.45, 2.75) is 19.8 Å². The van der Waals surface area contributed by atoms with E-state index < -0.39 is 0 Å². The third kappa shape index (κ3) is 2.08. The van der Waals surface area contributed by atoms with E-state index in [2.05, 4.69) is 14.7 Å². The van der Waals surface area contributed by atoms with Crippen LogP contribution in [0.1, 0.15) is 18.4 Å². The zero-order valence-electron chi connectivity index (χ0n) is 7.26. The van der Waals surface area contributed by atoms with E-state index in [0.717, 1.165) is 12.1 Å². The van der Waals surface area contributed by atoms with Gasteiger partial charge >= 0.3 is 5.97 Å². The average molecular weight is 168 g/mol. The maximum absolute atomic E-state index is 10.8. The number of methoxy groups -OCH3 is 1. The molecule has 0 saturated carbocycles. The third-order valence-electron chi connectivity index (χ3n) is 1.60. The van der Waals surface area contributed by atoms with Gasteiger partial charge in [-0.05, 0) is 6.42 Å². The lowest BCUT2D eigenvalue weighted by atomic mass is 10.4.